The number of fused-ring (bicyclic) bond motifs is 2. The highest BCUT2D eigenvalue weighted by Gasteiger charge is 2.43. The third-order valence-corrected chi connectivity index (χ3v) is 2.53. The molecule has 1 N–H and O–H groups in total. The van der Waals surface area contributed by atoms with Gasteiger partial charge in [0.05, 0.1) is 18.3 Å². The number of hydrogen-bond donors (Lipinski definition) is 1. The van der Waals surface area contributed by atoms with Crippen LogP contribution >= 0.6 is 0 Å². The Morgan fingerprint density at radius 2 is 1.91 bits per heavy atom. The van der Waals surface area contributed by atoms with Gasteiger partial charge >= 0.3 is 0 Å². The molecule has 3 heteroatoms. The zero-order valence-corrected chi connectivity index (χ0v) is 6.29. The zero-order valence-electron chi connectivity index (χ0n) is 6.29. The van der Waals surface area contributed by atoms with Gasteiger partial charge in [0.15, 0.2) is 5.60 Å². The number of ether oxygens (including phenoxy) is 1. The van der Waals surface area contributed by atoms with Gasteiger partial charge < -0.3 is 9.84 Å². The first-order valence-electron chi connectivity index (χ1n) is 4.01. The van der Waals surface area contributed by atoms with E-state index in [-0.39, 0.29) is 12.2 Å². The van der Waals surface area contributed by atoms with Gasteiger partial charge in [0.25, 0.3) is 0 Å². The van der Waals surface area contributed by atoms with E-state index in [0.717, 1.165) is 12.8 Å². The third-order valence-electron chi connectivity index (χ3n) is 2.53. The third kappa shape index (κ3) is 1.13. The lowest BCUT2D eigenvalue weighted by Crippen LogP contribution is -2.39. The van der Waals surface area contributed by atoms with Crippen LogP contribution in [0.1, 0.15) is 25.7 Å². The van der Waals surface area contributed by atoms with Gasteiger partial charge in [0.1, 0.15) is 0 Å². The first kappa shape index (κ1) is 7.08. The Morgan fingerprint density at radius 3 is 2.36 bits per heavy atom. The number of nitrogens with zero attached hydrogens (tertiary/aromatic N) is 1. The van der Waals surface area contributed by atoms with Crippen LogP contribution in [-0.2, 0) is 4.74 Å². The normalized spacial score (nSPS) is 48.7. The van der Waals surface area contributed by atoms with Crippen molar-refractivity contribution < 1.29 is 9.84 Å². The molecule has 2 heterocycles. The van der Waals surface area contributed by atoms with Crippen LogP contribution in [0.5, 0.6) is 0 Å². The summed E-state index contributed by atoms with van der Waals surface area (Å²) in [7, 11) is 0. The van der Waals surface area contributed by atoms with Gasteiger partial charge in [-0.2, -0.15) is 5.26 Å². The Kier molecular flexibility index (Phi) is 1.41. The van der Waals surface area contributed by atoms with Gasteiger partial charge in [-0.1, -0.05) is 0 Å². The quantitative estimate of drug-likeness (QED) is 0.518. The van der Waals surface area contributed by atoms with Crippen molar-refractivity contribution in [3.8, 4) is 6.07 Å². The Morgan fingerprint density at radius 1 is 1.36 bits per heavy atom. The molecule has 2 fully saturated rings. The zero-order chi connectivity index (χ0) is 7.90. The Balaban J connectivity index is 2.15. The van der Waals surface area contributed by atoms with Crippen LogP contribution in [-0.4, -0.2) is 22.9 Å². The lowest BCUT2D eigenvalue weighted by Gasteiger charge is -2.30. The van der Waals surface area contributed by atoms with Gasteiger partial charge in [0.2, 0.25) is 0 Å². The van der Waals surface area contributed by atoms with Crippen molar-refractivity contribution in [1.82, 2.24) is 0 Å². The van der Waals surface area contributed by atoms with Gasteiger partial charge in [0, 0.05) is 12.8 Å². The molecule has 0 aromatic carbocycles. The molecule has 2 bridgehead atoms. The van der Waals surface area contributed by atoms with Crippen LogP contribution in [0.2, 0.25) is 0 Å². The summed E-state index contributed by atoms with van der Waals surface area (Å²) in [6, 6.07) is 1.96. The minimum atomic E-state index is -1.09. The average molecular weight is 153 g/mol. The van der Waals surface area contributed by atoms with Crippen molar-refractivity contribution in [3.63, 3.8) is 0 Å². The molecule has 2 aliphatic heterocycles. The lowest BCUT2D eigenvalue weighted by molar-refractivity contribution is -0.0832. The van der Waals surface area contributed by atoms with Gasteiger partial charge in [-0.05, 0) is 12.8 Å². The number of rotatable bonds is 0. The van der Waals surface area contributed by atoms with E-state index < -0.39 is 5.60 Å². The molecule has 2 saturated heterocycles. The molecule has 2 atom stereocenters. The summed E-state index contributed by atoms with van der Waals surface area (Å²) in [6.07, 6.45) is 3.29. The molecule has 0 aromatic rings. The molecular formula is C8H11NO2. The summed E-state index contributed by atoms with van der Waals surface area (Å²) in [6.45, 7) is 0. The summed E-state index contributed by atoms with van der Waals surface area (Å²) in [5.41, 5.74) is -1.09. The van der Waals surface area contributed by atoms with E-state index in [1.165, 1.54) is 0 Å². The fourth-order valence-corrected chi connectivity index (χ4v) is 2.01. The standard InChI is InChI=1S/C8H11NO2/c9-5-8(10)3-6-1-2-7(4-8)11-6/h6-7,10H,1-4H2. The molecule has 0 spiro atoms. The molecule has 0 saturated carbocycles. The molecule has 0 aliphatic carbocycles. The summed E-state index contributed by atoms with van der Waals surface area (Å²) in [5, 5.41) is 18.3. The minimum Gasteiger partial charge on any atom is -0.375 e. The van der Waals surface area contributed by atoms with E-state index in [0.29, 0.717) is 12.8 Å². The number of aliphatic hydroxyl groups is 1. The van der Waals surface area contributed by atoms with Crippen molar-refractivity contribution in [1.29, 1.82) is 5.26 Å². The van der Waals surface area contributed by atoms with E-state index >= 15 is 0 Å². The predicted octanol–water partition coefficient (Wildman–Crippen LogP) is 0.582. The van der Waals surface area contributed by atoms with Crippen LogP contribution in [0.4, 0.5) is 0 Å². The lowest BCUT2D eigenvalue weighted by atomic mass is 9.92. The number of hydrogen-bond acceptors (Lipinski definition) is 3. The maximum atomic E-state index is 9.62. The van der Waals surface area contributed by atoms with Crippen LogP contribution < -0.4 is 0 Å². The van der Waals surface area contributed by atoms with E-state index in [2.05, 4.69) is 0 Å². The fourth-order valence-electron chi connectivity index (χ4n) is 2.01. The topological polar surface area (TPSA) is 53.2 Å². The second-order valence-electron chi connectivity index (χ2n) is 3.51. The Bertz CT molecular complexity index is 197. The van der Waals surface area contributed by atoms with E-state index in [1.807, 2.05) is 6.07 Å². The maximum Gasteiger partial charge on any atom is 0.156 e. The molecule has 60 valence electrons. The SMILES string of the molecule is N#CC1(O)CC2CCC(C1)O2. The van der Waals surface area contributed by atoms with Crippen molar-refractivity contribution in [2.45, 2.75) is 43.5 Å². The maximum absolute atomic E-state index is 9.62. The molecular weight excluding hydrogens is 142 g/mol. The van der Waals surface area contributed by atoms with Crippen LogP contribution in [0.25, 0.3) is 0 Å². The van der Waals surface area contributed by atoms with Crippen molar-refractivity contribution in [2.24, 2.45) is 0 Å². The van der Waals surface area contributed by atoms with Crippen molar-refractivity contribution in [2.75, 3.05) is 0 Å². The van der Waals surface area contributed by atoms with Crippen LogP contribution in [0.3, 0.4) is 0 Å². The van der Waals surface area contributed by atoms with E-state index in [9.17, 15) is 5.11 Å². The number of nitriles is 1. The van der Waals surface area contributed by atoms with E-state index in [4.69, 9.17) is 10.00 Å². The molecule has 11 heavy (non-hydrogen) atoms. The van der Waals surface area contributed by atoms with Gasteiger partial charge in [-0.15, -0.1) is 0 Å². The van der Waals surface area contributed by atoms with Crippen LogP contribution in [0, 0.1) is 11.3 Å². The Hall–Kier alpha value is -0.590. The molecule has 0 aromatic heterocycles. The van der Waals surface area contributed by atoms with Gasteiger partial charge in [-0.3, -0.25) is 0 Å². The second kappa shape index (κ2) is 2.20. The average Bonchev–Trinajstić information content (AvgIpc) is 2.31. The molecule has 2 aliphatic rings. The Labute approximate surface area is 65.6 Å². The summed E-state index contributed by atoms with van der Waals surface area (Å²) in [5.74, 6) is 0. The van der Waals surface area contributed by atoms with Crippen molar-refractivity contribution >= 4 is 0 Å². The summed E-state index contributed by atoms with van der Waals surface area (Å²) in [4.78, 5) is 0. The predicted molar refractivity (Wildman–Crippen MR) is 37.7 cm³/mol. The smallest absolute Gasteiger partial charge is 0.156 e. The molecule has 2 rings (SSSR count). The van der Waals surface area contributed by atoms with E-state index in [1.54, 1.807) is 0 Å². The molecule has 2 unspecified atom stereocenters. The monoisotopic (exact) mass is 153 g/mol. The summed E-state index contributed by atoms with van der Waals surface area (Å²) < 4.78 is 5.48. The highest BCUT2D eigenvalue weighted by molar-refractivity contribution is 5.07. The van der Waals surface area contributed by atoms with Gasteiger partial charge in [-0.25, -0.2) is 0 Å². The highest BCUT2D eigenvalue weighted by atomic mass is 16.5. The first-order valence-corrected chi connectivity index (χ1v) is 4.01. The highest BCUT2D eigenvalue weighted by Crippen LogP contribution is 2.37. The largest absolute Gasteiger partial charge is 0.375 e. The minimum absolute atomic E-state index is 0.137. The first-order chi connectivity index (χ1) is 5.22. The molecule has 0 radical (unpaired) electrons. The fraction of sp³-hybridized carbons (Fsp3) is 0.875. The van der Waals surface area contributed by atoms with Crippen LogP contribution in [0.15, 0.2) is 0 Å². The second-order valence-corrected chi connectivity index (χ2v) is 3.51. The summed E-state index contributed by atoms with van der Waals surface area (Å²) >= 11 is 0. The molecule has 3 nitrogen and oxygen atoms in total. The molecule has 0 amide bonds. The van der Waals surface area contributed by atoms with Crippen molar-refractivity contribution in [3.05, 3.63) is 0 Å².